The summed E-state index contributed by atoms with van der Waals surface area (Å²) in [4.78, 5) is 18.0. The Hall–Kier alpha value is -2.11. The number of hydrogen-bond donors (Lipinski definition) is 1. The van der Waals surface area contributed by atoms with Crippen LogP contribution in [0.2, 0.25) is 0 Å². The monoisotopic (exact) mass is 326 g/mol. The lowest BCUT2D eigenvalue weighted by molar-refractivity contribution is -0.160. The number of nitrogens with zero attached hydrogens (tertiary/aromatic N) is 1. The van der Waals surface area contributed by atoms with Gasteiger partial charge in [-0.05, 0) is 30.5 Å². The second-order valence-corrected chi connectivity index (χ2v) is 6.57. The first kappa shape index (κ1) is 15.4. The van der Waals surface area contributed by atoms with Crippen molar-refractivity contribution < 1.29 is 14.3 Å². The second kappa shape index (κ2) is 6.42. The van der Waals surface area contributed by atoms with Gasteiger partial charge < -0.3 is 19.4 Å². The number of rotatable bonds is 2. The van der Waals surface area contributed by atoms with Gasteiger partial charge in [-0.2, -0.15) is 0 Å². The lowest BCUT2D eigenvalue weighted by atomic mass is 9.94. The first-order valence-electron chi connectivity index (χ1n) is 8.51. The Labute approximate surface area is 141 Å². The highest BCUT2D eigenvalue weighted by atomic mass is 16.5. The Morgan fingerprint density at radius 1 is 1.12 bits per heavy atom. The zero-order valence-corrected chi connectivity index (χ0v) is 13.7. The van der Waals surface area contributed by atoms with Crippen LogP contribution in [0.25, 0.3) is 11.3 Å². The van der Waals surface area contributed by atoms with Gasteiger partial charge in [-0.15, -0.1) is 0 Å². The zero-order valence-electron chi connectivity index (χ0n) is 13.7. The molecule has 0 aliphatic carbocycles. The molecule has 24 heavy (non-hydrogen) atoms. The maximum absolute atomic E-state index is 12.9. The molecule has 2 aliphatic heterocycles. The van der Waals surface area contributed by atoms with Crippen LogP contribution in [0.15, 0.2) is 42.5 Å². The van der Waals surface area contributed by atoms with E-state index in [1.165, 1.54) is 0 Å². The largest absolute Gasteiger partial charge is 0.378 e. The normalized spacial score (nSPS) is 24.2. The molecule has 2 saturated heterocycles. The Balaban J connectivity index is 1.50. The van der Waals surface area contributed by atoms with E-state index in [-0.39, 0.29) is 11.5 Å². The molecule has 1 amide bonds. The van der Waals surface area contributed by atoms with E-state index in [1.54, 1.807) is 0 Å². The van der Waals surface area contributed by atoms with E-state index in [4.69, 9.17) is 9.47 Å². The van der Waals surface area contributed by atoms with Crippen molar-refractivity contribution in [1.82, 2.24) is 9.88 Å². The number of carbonyl (C=O) groups excluding carboxylic acids is 1. The second-order valence-electron chi connectivity index (χ2n) is 6.57. The highest BCUT2D eigenvalue weighted by molar-refractivity contribution is 5.93. The summed E-state index contributed by atoms with van der Waals surface area (Å²) in [5.74, 6) is 0.0328. The number of ether oxygens (including phenoxy) is 2. The van der Waals surface area contributed by atoms with Gasteiger partial charge in [-0.3, -0.25) is 4.79 Å². The molecule has 2 aliphatic rings. The number of carbonyl (C=O) groups is 1. The molecule has 1 spiro atoms. The average Bonchev–Trinajstić information content (AvgIpc) is 3.13. The van der Waals surface area contributed by atoms with Gasteiger partial charge in [0.05, 0.1) is 19.8 Å². The lowest BCUT2D eigenvalue weighted by Gasteiger charge is -2.44. The quantitative estimate of drug-likeness (QED) is 0.923. The summed E-state index contributed by atoms with van der Waals surface area (Å²) in [6.07, 6.45) is 1.94. The summed E-state index contributed by atoms with van der Waals surface area (Å²) in [6, 6.07) is 13.9. The Morgan fingerprint density at radius 3 is 2.79 bits per heavy atom. The summed E-state index contributed by atoms with van der Waals surface area (Å²) in [7, 11) is 0. The minimum atomic E-state index is -0.318. The molecule has 3 heterocycles. The predicted molar refractivity (Wildman–Crippen MR) is 90.9 cm³/mol. The molecule has 126 valence electrons. The molecule has 5 heteroatoms. The summed E-state index contributed by atoms with van der Waals surface area (Å²) in [6.45, 7) is 3.17. The molecule has 0 bridgehead atoms. The number of morpholine rings is 1. The first-order chi connectivity index (χ1) is 11.8. The SMILES string of the molecule is O=C(c1ccc(-c2ccccc2)[nH]1)N1CCOC2(CCCOC2)C1. The van der Waals surface area contributed by atoms with Gasteiger partial charge in [0.2, 0.25) is 0 Å². The van der Waals surface area contributed by atoms with Gasteiger partial charge >= 0.3 is 0 Å². The molecule has 2 aromatic rings. The van der Waals surface area contributed by atoms with Gasteiger partial charge in [0.25, 0.3) is 5.91 Å². The molecule has 1 unspecified atom stereocenters. The molecule has 5 nitrogen and oxygen atoms in total. The average molecular weight is 326 g/mol. The molecule has 0 saturated carbocycles. The third-order valence-electron chi connectivity index (χ3n) is 4.82. The number of nitrogens with one attached hydrogen (secondary N) is 1. The molecular weight excluding hydrogens is 304 g/mol. The van der Waals surface area contributed by atoms with Crippen molar-refractivity contribution >= 4 is 5.91 Å². The van der Waals surface area contributed by atoms with Crippen molar-refractivity contribution in [2.24, 2.45) is 0 Å². The van der Waals surface area contributed by atoms with E-state index in [0.29, 0.717) is 32.0 Å². The Bertz CT molecular complexity index is 699. The molecule has 1 atom stereocenters. The first-order valence-corrected chi connectivity index (χ1v) is 8.51. The van der Waals surface area contributed by atoms with Crippen LogP contribution in [-0.2, 0) is 9.47 Å². The number of aromatic nitrogens is 1. The number of H-pyrrole nitrogens is 1. The third-order valence-corrected chi connectivity index (χ3v) is 4.82. The summed E-state index contributed by atoms with van der Waals surface area (Å²) in [5, 5.41) is 0. The Kier molecular flexibility index (Phi) is 4.12. The van der Waals surface area contributed by atoms with Gasteiger partial charge in [0, 0.05) is 18.8 Å². The molecule has 1 aromatic heterocycles. The summed E-state index contributed by atoms with van der Waals surface area (Å²) < 4.78 is 11.6. The van der Waals surface area contributed by atoms with E-state index < -0.39 is 0 Å². The smallest absolute Gasteiger partial charge is 0.270 e. The summed E-state index contributed by atoms with van der Waals surface area (Å²) in [5.41, 5.74) is 2.35. The van der Waals surface area contributed by atoms with Crippen molar-refractivity contribution in [1.29, 1.82) is 0 Å². The van der Waals surface area contributed by atoms with Crippen molar-refractivity contribution in [3.05, 3.63) is 48.2 Å². The number of hydrogen-bond acceptors (Lipinski definition) is 3. The highest BCUT2D eigenvalue weighted by Crippen LogP contribution is 2.28. The maximum Gasteiger partial charge on any atom is 0.270 e. The van der Waals surface area contributed by atoms with Crippen LogP contribution in [0.3, 0.4) is 0 Å². The molecular formula is C19H22N2O3. The van der Waals surface area contributed by atoms with Crippen LogP contribution in [0.1, 0.15) is 23.3 Å². The fourth-order valence-corrected chi connectivity index (χ4v) is 3.56. The minimum absolute atomic E-state index is 0.0328. The van der Waals surface area contributed by atoms with E-state index in [0.717, 1.165) is 30.7 Å². The predicted octanol–water partition coefficient (Wildman–Crippen LogP) is 2.70. The molecule has 4 rings (SSSR count). The van der Waals surface area contributed by atoms with Crippen LogP contribution < -0.4 is 0 Å². The van der Waals surface area contributed by atoms with E-state index in [1.807, 2.05) is 47.4 Å². The molecule has 1 N–H and O–H groups in total. The van der Waals surface area contributed by atoms with Crippen LogP contribution in [0, 0.1) is 0 Å². The lowest BCUT2D eigenvalue weighted by Crippen LogP contribution is -2.57. The number of benzene rings is 1. The highest BCUT2D eigenvalue weighted by Gasteiger charge is 2.40. The maximum atomic E-state index is 12.9. The topological polar surface area (TPSA) is 54.6 Å². The van der Waals surface area contributed by atoms with E-state index in [2.05, 4.69) is 4.98 Å². The van der Waals surface area contributed by atoms with Crippen LogP contribution in [0.5, 0.6) is 0 Å². The van der Waals surface area contributed by atoms with Crippen LogP contribution in [0.4, 0.5) is 0 Å². The van der Waals surface area contributed by atoms with Crippen molar-refractivity contribution in [2.75, 3.05) is 32.9 Å². The fraction of sp³-hybridized carbons (Fsp3) is 0.421. The van der Waals surface area contributed by atoms with E-state index >= 15 is 0 Å². The molecule has 1 aromatic carbocycles. The zero-order chi connectivity index (χ0) is 16.4. The molecule has 0 radical (unpaired) electrons. The molecule has 2 fully saturated rings. The van der Waals surface area contributed by atoms with Crippen molar-refractivity contribution in [3.63, 3.8) is 0 Å². The number of amides is 1. The standard InChI is InChI=1S/C19H22N2O3/c22-18(17-8-7-16(20-17)15-5-2-1-3-6-15)21-10-12-24-19(13-21)9-4-11-23-14-19/h1-3,5-8,20H,4,9-14H2. The summed E-state index contributed by atoms with van der Waals surface area (Å²) >= 11 is 0. The van der Waals surface area contributed by atoms with Gasteiger partial charge in [0.15, 0.2) is 0 Å². The van der Waals surface area contributed by atoms with Gasteiger partial charge in [-0.25, -0.2) is 0 Å². The van der Waals surface area contributed by atoms with Crippen molar-refractivity contribution in [2.45, 2.75) is 18.4 Å². The fourth-order valence-electron chi connectivity index (χ4n) is 3.56. The van der Waals surface area contributed by atoms with Crippen molar-refractivity contribution in [3.8, 4) is 11.3 Å². The van der Waals surface area contributed by atoms with Gasteiger partial charge in [0.1, 0.15) is 11.3 Å². The van der Waals surface area contributed by atoms with E-state index in [9.17, 15) is 4.79 Å². The third kappa shape index (κ3) is 2.97. The van der Waals surface area contributed by atoms with Gasteiger partial charge in [-0.1, -0.05) is 30.3 Å². The minimum Gasteiger partial charge on any atom is -0.378 e. The van der Waals surface area contributed by atoms with Crippen LogP contribution in [-0.4, -0.2) is 54.3 Å². The van der Waals surface area contributed by atoms with Crippen LogP contribution >= 0.6 is 0 Å². The number of aromatic amines is 1. The Morgan fingerprint density at radius 2 is 2.00 bits per heavy atom.